The van der Waals surface area contributed by atoms with Gasteiger partial charge in [-0.3, -0.25) is 4.79 Å². The molecule has 3 rings (SSSR count). The van der Waals surface area contributed by atoms with Crippen molar-refractivity contribution in [3.8, 4) is 11.1 Å². The number of carbonyl (C=O) groups excluding carboxylic acids is 1. The first-order valence-electron chi connectivity index (χ1n) is 11.8. The fourth-order valence-corrected chi connectivity index (χ4v) is 4.46. The zero-order chi connectivity index (χ0) is 28.0. The van der Waals surface area contributed by atoms with E-state index in [1.165, 1.54) is 0 Å². The van der Waals surface area contributed by atoms with Crippen LogP contribution in [0.15, 0.2) is 72.8 Å². The van der Waals surface area contributed by atoms with E-state index in [4.69, 9.17) is 28.3 Å². The molecule has 4 unspecified atom stereocenters. The van der Waals surface area contributed by atoms with Crippen molar-refractivity contribution in [1.29, 1.82) is 0 Å². The van der Waals surface area contributed by atoms with Crippen molar-refractivity contribution < 1.29 is 35.1 Å². The molecule has 3 aromatic rings. The van der Waals surface area contributed by atoms with E-state index in [1.807, 2.05) is 60.7 Å². The highest BCUT2D eigenvalue weighted by Crippen LogP contribution is 2.30. The molecule has 0 aliphatic heterocycles. The van der Waals surface area contributed by atoms with Gasteiger partial charge in [0.15, 0.2) is 12.2 Å². The number of nitrogens with one attached hydrogen (secondary N) is 1. The Morgan fingerprint density at radius 1 is 0.789 bits per heavy atom. The normalized spacial score (nSPS) is 16.1. The lowest BCUT2D eigenvalue weighted by atomic mass is 9.85. The van der Waals surface area contributed by atoms with Crippen LogP contribution in [0.3, 0.4) is 0 Å². The molecule has 0 fully saturated rings. The number of amides is 1. The Hall–Kier alpha value is -2.98. The number of carbonyl (C=O) groups is 2. The van der Waals surface area contributed by atoms with Crippen LogP contribution in [-0.2, 0) is 16.0 Å². The van der Waals surface area contributed by atoms with Crippen molar-refractivity contribution in [1.82, 2.24) is 5.32 Å². The molecule has 202 valence electrons. The maximum absolute atomic E-state index is 12.7. The molecule has 0 aliphatic rings. The van der Waals surface area contributed by atoms with Gasteiger partial charge in [0.1, 0.15) is 12.2 Å². The number of aliphatic hydroxyl groups is 4. The summed E-state index contributed by atoms with van der Waals surface area (Å²) in [6.07, 6.45) is -8.64. The van der Waals surface area contributed by atoms with Crippen molar-refractivity contribution in [3.05, 3.63) is 94.0 Å². The van der Waals surface area contributed by atoms with Crippen LogP contribution in [-0.4, -0.2) is 67.9 Å². The molecule has 0 spiro atoms. The van der Waals surface area contributed by atoms with Crippen molar-refractivity contribution in [2.24, 2.45) is 0 Å². The fourth-order valence-electron chi connectivity index (χ4n) is 4.14. The zero-order valence-electron chi connectivity index (χ0n) is 20.4. The highest BCUT2D eigenvalue weighted by molar-refractivity contribution is 6.42. The van der Waals surface area contributed by atoms with Crippen LogP contribution in [0.4, 0.5) is 0 Å². The van der Waals surface area contributed by atoms with Crippen LogP contribution in [0.2, 0.25) is 10.0 Å². The van der Waals surface area contributed by atoms with Gasteiger partial charge in [0.05, 0.1) is 10.0 Å². The van der Waals surface area contributed by atoms with Gasteiger partial charge in [-0.05, 0) is 47.7 Å². The lowest BCUT2D eigenvalue weighted by molar-refractivity contribution is -0.166. The van der Waals surface area contributed by atoms with Gasteiger partial charge < -0.3 is 30.8 Å². The molecule has 10 heteroatoms. The summed E-state index contributed by atoms with van der Waals surface area (Å²) < 4.78 is 0. The van der Waals surface area contributed by atoms with E-state index >= 15 is 0 Å². The molecule has 0 aromatic heterocycles. The van der Waals surface area contributed by atoms with Crippen LogP contribution < -0.4 is 5.32 Å². The molecular formula is C28H29Cl2NO7. The van der Waals surface area contributed by atoms with Crippen molar-refractivity contribution >= 4 is 35.1 Å². The van der Waals surface area contributed by atoms with Crippen LogP contribution >= 0.6 is 23.2 Å². The SMILES string of the molecule is C[C@H](NC(=O)C(O)C(O)C(O)C(O)C(=O)O)[C@@H](Cc1ccc(Cl)c(Cl)c1)c1ccc(-c2ccccc2)cc1. The lowest BCUT2D eigenvalue weighted by Crippen LogP contribution is -2.54. The Labute approximate surface area is 230 Å². The number of halogens is 2. The zero-order valence-corrected chi connectivity index (χ0v) is 21.9. The molecule has 8 nitrogen and oxygen atoms in total. The number of carboxylic acid groups (broad SMARTS) is 1. The Bertz CT molecular complexity index is 1240. The van der Waals surface area contributed by atoms with E-state index in [9.17, 15) is 30.0 Å². The molecule has 0 bridgehead atoms. The predicted molar refractivity (Wildman–Crippen MR) is 144 cm³/mol. The third-order valence-corrected chi connectivity index (χ3v) is 7.12. The summed E-state index contributed by atoms with van der Waals surface area (Å²) >= 11 is 12.3. The summed E-state index contributed by atoms with van der Waals surface area (Å²) in [7, 11) is 0. The van der Waals surface area contributed by atoms with E-state index in [0.29, 0.717) is 16.5 Å². The molecule has 0 heterocycles. The van der Waals surface area contributed by atoms with E-state index in [-0.39, 0.29) is 5.92 Å². The standard InChI is InChI=1S/C28H29Cl2NO7/c1-15(31-27(36)25(34)23(32)24(33)26(35)28(37)38)20(13-16-7-12-21(29)22(30)14-16)19-10-8-18(9-11-19)17-5-3-2-4-6-17/h2-12,14-15,20,23-26,32-35H,13H2,1H3,(H,31,36)(H,37,38)/t15-,20+,23?,24?,25?,26?/m0/s1. The monoisotopic (exact) mass is 561 g/mol. The molecule has 6 atom stereocenters. The van der Waals surface area contributed by atoms with Gasteiger partial charge in [-0.15, -0.1) is 0 Å². The molecule has 1 amide bonds. The summed E-state index contributed by atoms with van der Waals surface area (Å²) in [5.41, 5.74) is 3.77. The van der Waals surface area contributed by atoms with Gasteiger partial charge in [0.2, 0.25) is 0 Å². The summed E-state index contributed by atoms with van der Waals surface area (Å²) in [5.74, 6) is -3.17. The van der Waals surface area contributed by atoms with Crippen molar-refractivity contribution in [2.75, 3.05) is 0 Å². The molecule has 0 radical (unpaired) electrons. The first-order valence-corrected chi connectivity index (χ1v) is 12.6. The Morgan fingerprint density at radius 3 is 1.95 bits per heavy atom. The predicted octanol–water partition coefficient (Wildman–Crippen LogP) is 3.02. The second-order valence-corrected chi connectivity index (χ2v) is 9.87. The molecular weight excluding hydrogens is 533 g/mol. The number of hydrogen-bond donors (Lipinski definition) is 6. The largest absolute Gasteiger partial charge is 0.479 e. The maximum atomic E-state index is 12.7. The van der Waals surface area contributed by atoms with Crippen LogP contribution in [0, 0.1) is 0 Å². The lowest BCUT2D eigenvalue weighted by Gasteiger charge is -2.29. The number of benzene rings is 3. The molecule has 3 aromatic carbocycles. The highest BCUT2D eigenvalue weighted by Gasteiger charge is 2.38. The third kappa shape index (κ3) is 7.32. The molecule has 0 aliphatic carbocycles. The van der Waals surface area contributed by atoms with E-state index < -0.39 is 42.3 Å². The molecule has 38 heavy (non-hydrogen) atoms. The molecule has 6 N–H and O–H groups in total. The minimum absolute atomic E-state index is 0.320. The van der Waals surface area contributed by atoms with Crippen molar-refractivity contribution in [3.63, 3.8) is 0 Å². The van der Waals surface area contributed by atoms with Gasteiger partial charge >= 0.3 is 5.97 Å². The van der Waals surface area contributed by atoms with E-state index in [2.05, 4.69) is 5.32 Å². The van der Waals surface area contributed by atoms with Gasteiger partial charge in [0, 0.05) is 12.0 Å². The minimum Gasteiger partial charge on any atom is -0.479 e. The number of carboxylic acids is 1. The summed E-state index contributed by atoms with van der Waals surface area (Å²) in [6.45, 7) is 1.72. The third-order valence-electron chi connectivity index (χ3n) is 6.38. The average Bonchev–Trinajstić information content (AvgIpc) is 2.92. The first kappa shape index (κ1) is 29.6. The molecule has 0 saturated heterocycles. The number of rotatable bonds is 11. The van der Waals surface area contributed by atoms with Gasteiger partial charge in [0.25, 0.3) is 5.91 Å². The Balaban J connectivity index is 1.84. The van der Waals surface area contributed by atoms with Gasteiger partial charge in [-0.1, -0.05) is 83.9 Å². The summed E-state index contributed by atoms with van der Waals surface area (Å²) in [6, 6.07) is 22.2. The first-order chi connectivity index (χ1) is 18.0. The minimum atomic E-state index is -2.38. The smallest absolute Gasteiger partial charge is 0.335 e. The average molecular weight is 562 g/mol. The van der Waals surface area contributed by atoms with Crippen LogP contribution in [0.5, 0.6) is 0 Å². The topological polar surface area (TPSA) is 147 Å². The summed E-state index contributed by atoms with van der Waals surface area (Å²) in [4.78, 5) is 23.6. The summed E-state index contributed by atoms with van der Waals surface area (Å²) in [5, 5.41) is 51.8. The fraction of sp³-hybridized carbons (Fsp3) is 0.286. The number of aliphatic carboxylic acids is 1. The van der Waals surface area contributed by atoms with Crippen LogP contribution in [0.1, 0.15) is 24.0 Å². The second kappa shape index (κ2) is 13.2. The Kier molecular flexibility index (Phi) is 10.3. The maximum Gasteiger partial charge on any atom is 0.335 e. The number of hydrogen-bond acceptors (Lipinski definition) is 6. The van der Waals surface area contributed by atoms with Crippen molar-refractivity contribution in [2.45, 2.75) is 49.7 Å². The van der Waals surface area contributed by atoms with E-state index in [1.54, 1.807) is 19.1 Å². The van der Waals surface area contributed by atoms with Gasteiger partial charge in [-0.2, -0.15) is 0 Å². The van der Waals surface area contributed by atoms with Crippen LogP contribution in [0.25, 0.3) is 11.1 Å². The second-order valence-electron chi connectivity index (χ2n) is 9.05. The quantitative estimate of drug-likeness (QED) is 0.211. The molecule has 0 saturated carbocycles. The van der Waals surface area contributed by atoms with E-state index in [0.717, 1.165) is 22.3 Å². The Morgan fingerprint density at radius 2 is 1.37 bits per heavy atom. The highest BCUT2D eigenvalue weighted by atomic mass is 35.5. The van der Waals surface area contributed by atoms with Gasteiger partial charge in [-0.25, -0.2) is 4.79 Å². The number of aliphatic hydroxyl groups excluding tert-OH is 4.